The predicted molar refractivity (Wildman–Crippen MR) is 101 cm³/mol. The first-order valence-electron chi connectivity index (χ1n) is 8.16. The number of ether oxygens (including phenoxy) is 2. The van der Waals surface area contributed by atoms with Crippen molar-refractivity contribution in [1.82, 2.24) is 10.3 Å². The number of carbonyl (C=O) groups excluding carboxylic acids is 2. The van der Waals surface area contributed by atoms with Gasteiger partial charge in [0, 0.05) is 23.6 Å². The summed E-state index contributed by atoms with van der Waals surface area (Å²) in [5.74, 6) is 1.03. The number of nitrogens with one attached hydrogen (secondary N) is 2. The Bertz CT molecular complexity index is 751. The van der Waals surface area contributed by atoms with Crippen LogP contribution in [-0.4, -0.2) is 37.6 Å². The fourth-order valence-corrected chi connectivity index (χ4v) is 2.80. The zero-order chi connectivity index (χ0) is 19.1. The van der Waals surface area contributed by atoms with E-state index in [1.807, 2.05) is 13.8 Å². The van der Waals surface area contributed by atoms with Crippen molar-refractivity contribution in [2.24, 2.45) is 5.92 Å². The van der Waals surface area contributed by atoms with Crippen molar-refractivity contribution in [3.05, 3.63) is 34.8 Å². The van der Waals surface area contributed by atoms with Gasteiger partial charge in [-0.25, -0.2) is 4.98 Å². The SMILES string of the molecule is COc1cc(OC)cc(C(=O)Nc2nc(CC(=O)NCC(C)C)cs2)c1. The van der Waals surface area contributed by atoms with Gasteiger partial charge in [0.1, 0.15) is 11.5 Å². The number of thiazole rings is 1. The first-order chi connectivity index (χ1) is 12.4. The number of carbonyl (C=O) groups is 2. The van der Waals surface area contributed by atoms with Crippen LogP contribution in [0.1, 0.15) is 29.9 Å². The first-order valence-corrected chi connectivity index (χ1v) is 9.04. The highest BCUT2D eigenvalue weighted by atomic mass is 32.1. The first kappa shape index (κ1) is 19.7. The molecule has 140 valence electrons. The molecule has 0 aliphatic rings. The fourth-order valence-electron chi connectivity index (χ4n) is 2.10. The number of anilines is 1. The summed E-state index contributed by atoms with van der Waals surface area (Å²) in [6.45, 7) is 4.69. The average molecular weight is 377 g/mol. The van der Waals surface area contributed by atoms with E-state index >= 15 is 0 Å². The van der Waals surface area contributed by atoms with Crippen LogP contribution in [0.3, 0.4) is 0 Å². The van der Waals surface area contributed by atoms with Gasteiger partial charge in [-0.15, -0.1) is 11.3 Å². The van der Waals surface area contributed by atoms with Gasteiger partial charge in [0.15, 0.2) is 5.13 Å². The average Bonchev–Trinajstić information content (AvgIpc) is 3.06. The number of rotatable bonds is 8. The maximum absolute atomic E-state index is 12.4. The fraction of sp³-hybridized carbons (Fsp3) is 0.389. The second-order valence-corrected chi connectivity index (χ2v) is 6.93. The van der Waals surface area contributed by atoms with E-state index in [-0.39, 0.29) is 18.2 Å². The van der Waals surface area contributed by atoms with Crippen molar-refractivity contribution >= 4 is 28.3 Å². The van der Waals surface area contributed by atoms with Gasteiger partial charge < -0.3 is 14.8 Å². The Hall–Kier alpha value is -2.61. The normalized spacial score (nSPS) is 10.5. The van der Waals surface area contributed by atoms with Gasteiger partial charge in [-0.3, -0.25) is 14.9 Å². The molecule has 8 heteroatoms. The lowest BCUT2D eigenvalue weighted by Crippen LogP contribution is -2.28. The van der Waals surface area contributed by atoms with E-state index < -0.39 is 0 Å². The molecule has 7 nitrogen and oxygen atoms in total. The predicted octanol–water partition coefficient (Wildman–Crippen LogP) is 2.73. The van der Waals surface area contributed by atoms with Gasteiger partial charge in [-0.1, -0.05) is 13.8 Å². The number of aromatic nitrogens is 1. The number of nitrogens with zero attached hydrogens (tertiary/aromatic N) is 1. The lowest BCUT2D eigenvalue weighted by Gasteiger charge is -2.08. The van der Waals surface area contributed by atoms with Crippen LogP contribution in [0.15, 0.2) is 23.6 Å². The molecule has 0 saturated heterocycles. The molecule has 0 aliphatic heterocycles. The number of methoxy groups -OCH3 is 2. The van der Waals surface area contributed by atoms with Crippen molar-refractivity contribution in [2.75, 3.05) is 26.1 Å². The largest absolute Gasteiger partial charge is 0.497 e. The Morgan fingerprint density at radius 1 is 1.15 bits per heavy atom. The van der Waals surface area contributed by atoms with Crippen LogP contribution in [0.25, 0.3) is 0 Å². The highest BCUT2D eigenvalue weighted by molar-refractivity contribution is 7.14. The van der Waals surface area contributed by atoms with E-state index in [9.17, 15) is 9.59 Å². The lowest BCUT2D eigenvalue weighted by molar-refractivity contribution is -0.120. The Morgan fingerprint density at radius 2 is 1.81 bits per heavy atom. The Labute approximate surface area is 156 Å². The summed E-state index contributed by atoms with van der Waals surface area (Å²) < 4.78 is 10.3. The van der Waals surface area contributed by atoms with E-state index in [1.54, 1.807) is 23.6 Å². The maximum Gasteiger partial charge on any atom is 0.257 e. The topological polar surface area (TPSA) is 89.6 Å². The molecule has 1 aromatic carbocycles. The van der Waals surface area contributed by atoms with Gasteiger partial charge in [0.25, 0.3) is 5.91 Å². The molecule has 0 saturated carbocycles. The quantitative estimate of drug-likeness (QED) is 0.738. The summed E-state index contributed by atoms with van der Waals surface area (Å²) in [7, 11) is 3.04. The standard InChI is InChI=1S/C18H23N3O4S/c1-11(2)9-19-16(22)7-13-10-26-18(20-13)21-17(23)12-5-14(24-3)8-15(6-12)25-4/h5-6,8,10-11H,7,9H2,1-4H3,(H,19,22)(H,20,21,23). The molecule has 0 atom stereocenters. The second-order valence-electron chi connectivity index (χ2n) is 6.07. The van der Waals surface area contributed by atoms with E-state index in [4.69, 9.17) is 9.47 Å². The minimum atomic E-state index is -0.327. The molecule has 2 aromatic rings. The molecule has 0 spiro atoms. The van der Waals surface area contributed by atoms with E-state index in [0.717, 1.165) is 0 Å². The van der Waals surface area contributed by atoms with Gasteiger partial charge >= 0.3 is 0 Å². The number of hydrogen-bond acceptors (Lipinski definition) is 6. The number of amides is 2. The van der Waals surface area contributed by atoms with Crippen LogP contribution in [0, 0.1) is 5.92 Å². The van der Waals surface area contributed by atoms with Crippen molar-refractivity contribution in [1.29, 1.82) is 0 Å². The van der Waals surface area contributed by atoms with Crippen LogP contribution in [0.2, 0.25) is 0 Å². The van der Waals surface area contributed by atoms with Gasteiger partial charge in [0.2, 0.25) is 5.91 Å². The van der Waals surface area contributed by atoms with Crippen LogP contribution in [0.4, 0.5) is 5.13 Å². The highest BCUT2D eigenvalue weighted by Crippen LogP contribution is 2.24. The molecule has 26 heavy (non-hydrogen) atoms. The molecule has 0 radical (unpaired) electrons. The number of benzene rings is 1. The smallest absolute Gasteiger partial charge is 0.257 e. The molecule has 0 unspecified atom stereocenters. The Morgan fingerprint density at radius 3 is 2.38 bits per heavy atom. The van der Waals surface area contributed by atoms with Gasteiger partial charge in [0.05, 0.1) is 26.3 Å². The van der Waals surface area contributed by atoms with Gasteiger partial charge in [-0.2, -0.15) is 0 Å². The molecule has 0 aliphatic carbocycles. The lowest BCUT2D eigenvalue weighted by atomic mass is 10.2. The molecule has 2 N–H and O–H groups in total. The van der Waals surface area contributed by atoms with Crippen molar-refractivity contribution < 1.29 is 19.1 Å². The Balaban J connectivity index is 2.00. The van der Waals surface area contributed by atoms with Crippen LogP contribution >= 0.6 is 11.3 Å². The van der Waals surface area contributed by atoms with E-state index in [1.165, 1.54) is 25.6 Å². The molecule has 1 aromatic heterocycles. The van der Waals surface area contributed by atoms with Crippen molar-refractivity contribution in [3.63, 3.8) is 0 Å². The van der Waals surface area contributed by atoms with Crippen molar-refractivity contribution in [3.8, 4) is 11.5 Å². The van der Waals surface area contributed by atoms with Crippen LogP contribution < -0.4 is 20.1 Å². The summed E-state index contributed by atoms with van der Waals surface area (Å²) >= 11 is 1.27. The molecule has 0 fully saturated rings. The molecule has 1 heterocycles. The molecule has 2 rings (SSSR count). The van der Waals surface area contributed by atoms with Crippen LogP contribution in [-0.2, 0) is 11.2 Å². The summed E-state index contributed by atoms with van der Waals surface area (Å²) in [6, 6.07) is 4.92. The summed E-state index contributed by atoms with van der Waals surface area (Å²) in [5, 5.41) is 7.77. The number of hydrogen-bond donors (Lipinski definition) is 2. The molecule has 2 amide bonds. The third-order valence-corrected chi connectivity index (χ3v) is 4.24. The third kappa shape index (κ3) is 5.73. The summed E-state index contributed by atoms with van der Waals surface area (Å²) in [4.78, 5) is 28.6. The maximum atomic E-state index is 12.4. The summed E-state index contributed by atoms with van der Waals surface area (Å²) in [5.41, 5.74) is 1.02. The van der Waals surface area contributed by atoms with Gasteiger partial charge in [-0.05, 0) is 18.1 Å². The minimum absolute atomic E-state index is 0.0839. The third-order valence-electron chi connectivity index (χ3n) is 3.43. The molecule has 0 bridgehead atoms. The van der Waals surface area contributed by atoms with E-state index in [0.29, 0.717) is 40.4 Å². The molecular weight excluding hydrogens is 354 g/mol. The molecular formula is C18H23N3O4S. The van der Waals surface area contributed by atoms with Crippen LogP contribution in [0.5, 0.6) is 11.5 Å². The zero-order valence-electron chi connectivity index (χ0n) is 15.3. The Kier molecular flexibility index (Phi) is 6.97. The zero-order valence-corrected chi connectivity index (χ0v) is 16.1. The monoisotopic (exact) mass is 377 g/mol. The second kappa shape index (κ2) is 9.19. The summed E-state index contributed by atoms with van der Waals surface area (Å²) in [6.07, 6.45) is 0.187. The highest BCUT2D eigenvalue weighted by Gasteiger charge is 2.13. The van der Waals surface area contributed by atoms with E-state index in [2.05, 4.69) is 15.6 Å². The van der Waals surface area contributed by atoms with Crippen molar-refractivity contribution in [2.45, 2.75) is 20.3 Å². The minimum Gasteiger partial charge on any atom is -0.497 e.